The molecule has 0 aliphatic heterocycles. The first-order chi connectivity index (χ1) is 8.52. The van der Waals surface area contributed by atoms with Crippen LogP contribution in [0.4, 0.5) is 5.95 Å². The number of fused-ring (bicyclic) bond motifs is 1. The van der Waals surface area contributed by atoms with Gasteiger partial charge in [-0.1, -0.05) is 0 Å². The molecule has 2 heterocycles. The highest BCUT2D eigenvalue weighted by atomic mass is 79.9. The fourth-order valence-corrected chi connectivity index (χ4v) is 2.09. The molecule has 0 aliphatic carbocycles. The van der Waals surface area contributed by atoms with E-state index in [2.05, 4.69) is 30.9 Å². The van der Waals surface area contributed by atoms with Crippen LogP contribution in [0, 0.1) is 0 Å². The lowest BCUT2D eigenvalue weighted by Gasteiger charge is -2.08. The molecule has 0 fully saturated rings. The molecule has 0 saturated heterocycles. The molecule has 0 aromatic carbocycles. The van der Waals surface area contributed by atoms with Gasteiger partial charge in [0, 0.05) is 6.54 Å². The van der Waals surface area contributed by atoms with E-state index in [1.807, 2.05) is 0 Å². The number of aromatic nitrogens is 4. The van der Waals surface area contributed by atoms with Crippen LogP contribution in [0.3, 0.4) is 0 Å². The Kier molecular flexibility index (Phi) is 3.64. The van der Waals surface area contributed by atoms with Crippen molar-refractivity contribution in [2.24, 2.45) is 0 Å². The Bertz CT molecular complexity index is 622. The van der Waals surface area contributed by atoms with E-state index in [4.69, 9.17) is 10.8 Å². The maximum absolute atomic E-state index is 11.6. The molecule has 1 atom stereocenters. The largest absolute Gasteiger partial charge is 0.394 e. The number of nitrogen functional groups attached to an aromatic ring is 1. The molecule has 0 aliphatic rings. The van der Waals surface area contributed by atoms with E-state index in [0.717, 1.165) is 0 Å². The standard InChI is InChI=1S/C9H12BrN5O3/c10-8-12-5-6(13-9(11)14-7(5)18)15(8)2-1-4(17)3-16/h4,16-17H,1-3H2,(H3,11,13,14,18)/t4-/m1/s1. The van der Waals surface area contributed by atoms with Gasteiger partial charge in [0.25, 0.3) is 5.56 Å². The van der Waals surface area contributed by atoms with Crippen LogP contribution in [0.1, 0.15) is 6.42 Å². The number of aryl methyl sites for hydroxylation is 1. The molecule has 8 nitrogen and oxygen atoms in total. The maximum Gasteiger partial charge on any atom is 0.280 e. The van der Waals surface area contributed by atoms with Crippen molar-refractivity contribution in [1.29, 1.82) is 0 Å². The van der Waals surface area contributed by atoms with E-state index < -0.39 is 11.7 Å². The number of hydrogen-bond acceptors (Lipinski definition) is 6. The second kappa shape index (κ2) is 5.04. The molecule has 18 heavy (non-hydrogen) atoms. The lowest BCUT2D eigenvalue weighted by atomic mass is 10.3. The van der Waals surface area contributed by atoms with Crippen LogP contribution in [-0.2, 0) is 6.54 Å². The number of aliphatic hydroxyl groups is 2. The normalized spacial score (nSPS) is 13.1. The average Bonchev–Trinajstić information content (AvgIpc) is 2.63. The number of aliphatic hydroxyl groups excluding tert-OH is 2. The fourth-order valence-electron chi connectivity index (χ4n) is 1.57. The molecule has 0 bridgehead atoms. The predicted molar refractivity (Wildman–Crippen MR) is 68.0 cm³/mol. The molecule has 2 rings (SSSR count). The minimum absolute atomic E-state index is 0.00357. The van der Waals surface area contributed by atoms with Gasteiger partial charge in [0.1, 0.15) is 0 Å². The average molecular weight is 318 g/mol. The van der Waals surface area contributed by atoms with Crippen LogP contribution < -0.4 is 11.3 Å². The van der Waals surface area contributed by atoms with E-state index in [-0.39, 0.29) is 18.1 Å². The number of hydrogen-bond donors (Lipinski definition) is 4. The van der Waals surface area contributed by atoms with Crippen molar-refractivity contribution in [3.05, 3.63) is 15.1 Å². The number of anilines is 1. The second-order valence-corrected chi connectivity index (χ2v) is 4.49. The van der Waals surface area contributed by atoms with Gasteiger partial charge in [-0.3, -0.25) is 9.78 Å². The van der Waals surface area contributed by atoms with Crippen molar-refractivity contribution in [2.75, 3.05) is 12.3 Å². The number of imidazole rings is 1. The lowest BCUT2D eigenvalue weighted by Crippen LogP contribution is -2.16. The van der Waals surface area contributed by atoms with Gasteiger partial charge in [0.15, 0.2) is 15.9 Å². The Morgan fingerprint density at radius 2 is 2.22 bits per heavy atom. The van der Waals surface area contributed by atoms with E-state index in [9.17, 15) is 9.90 Å². The molecule has 0 spiro atoms. The summed E-state index contributed by atoms with van der Waals surface area (Å²) in [6.07, 6.45) is -0.511. The third-order valence-corrected chi connectivity index (χ3v) is 3.08. The van der Waals surface area contributed by atoms with E-state index in [1.165, 1.54) is 0 Å². The van der Waals surface area contributed by atoms with Gasteiger partial charge in [-0.15, -0.1) is 0 Å². The molecule has 0 amide bonds. The van der Waals surface area contributed by atoms with Crippen LogP contribution in [0.2, 0.25) is 0 Å². The molecule has 98 valence electrons. The van der Waals surface area contributed by atoms with Crippen molar-refractivity contribution < 1.29 is 10.2 Å². The third-order valence-electron chi connectivity index (χ3n) is 2.47. The number of nitrogens with one attached hydrogen (secondary N) is 1. The molecule has 9 heteroatoms. The Balaban J connectivity index is 2.43. The predicted octanol–water partition coefficient (Wildman–Crippen LogP) is -0.792. The van der Waals surface area contributed by atoms with Crippen molar-refractivity contribution in [1.82, 2.24) is 19.5 Å². The van der Waals surface area contributed by atoms with Gasteiger partial charge >= 0.3 is 0 Å². The Labute approximate surface area is 110 Å². The summed E-state index contributed by atoms with van der Waals surface area (Å²) in [6.45, 7) is 0.0368. The Morgan fingerprint density at radius 1 is 1.50 bits per heavy atom. The summed E-state index contributed by atoms with van der Waals surface area (Å²) in [6, 6.07) is 0. The monoisotopic (exact) mass is 317 g/mol. The summed E-state index contributed by atoms with van der Waals surface area (Å²) in [5.41, 5.74) is 5.57. The first kappa shape index (κ1) is 13.0. The zero-order valence-electron chi connectivity index (χ0n) is 9.30. The van der Waals surface area contributed by atoms with Crippen LogP contribution in [0.5, 0.6) is 0 Å². The van der Waals surface area contributed by atoms with Crippen molar-refractivity contribution >= 4 is 33.0 Å². The maximum atomic E-state index is 11.6. The molecule has 2 aromatic rings. The minimum atomic E-state index is -0.825. The zero-order chi connectivity index (χ0) is 13.3. The smallest absolute Gasteiger partial charge is 0.280 e. The molecule has 0 radical (unpaired) electrons. The number of aromatic amines is 1. The topological polar surface area (TPSA) is 130 Å². The molecule has 0 saturated carbocycles. The number of H-pyrrole nitrogens is 1. The van der Waals surface area contributed by atoms with Gasteiger partial charge in [0.2, 0.25) is 5.95 Å². The summed E-state index contributed by atoms with van der Waals surface area (Å²) in [5.74, 6) is 0.00357. The van der Waals surface area contributed by atoms with Gasteiger partial charge in [-0.05, 0) is 22.4 Å². The van der Waals surface area contributed by atoms with Crippen molar-refractivity contribution in [3.8, 4) is 0 Å². The van der Waals surface area contributed by atoms with Gasteiger partial charge in [-0.2, -0.15) is 4.98 Å². The summed E-state index contributed by atoms with van der Waals surface area (Å²) >= 11 is 3.21. The van der Waals surface area contributed by atoms with Crippen molar-refractivity contribution in [2.45, 2.75) is 19.1 Å². The molecular formula is C9H12BrN5O3. The molecule has 0 unspecified atom stereocenters. The quantitative estimate of drug-likeness (QED) is 0.547. The lowest BCUT2D eigenvalue weighted by molar-refractivity contribution is 0.0847. The highest BCUT2D eigenvalue weighted by Gasteiger charge is 2.14. The van der Waals surface area contributed by atoms with Crippen molar-refractivity contribution in [3.63, 3.8) is 0 Å². The van der Waals surface area contributed by atoms with Crippen LogP contribution in [0.25, 0.3) is 11.2 Å². The number of nitrogens with two attached hydrogens (primary N) is 1. The van der Waals surface area contributed by atoms with Crippen LogP contribution in [0.15, 0.2) is 9.53 Å². The van der Waals surface area contributed by atoms with Crippen LogP contribution >= 0.6 is 15.9 Å². The molecular weight excluding hydrogens is 306 g/mol. The number of nitrogens with zero attached hydrogens (tertiary/aromatic N) is 3. The summed E-state index contributed by atoms with van der Waals surface area (Å²) < 4.78 is 2.03. The first-order valence-electron chi connectivity index (χ1n) is 5.23. The molecule has 5 N–H and O–H groups in total. The summed E-state index contributed by atoms with van der Waals surface area (Å²) in [5, 5.41) is 18.1. The van der Waals surface area contributed by atoms with Gasteiger partial charge < -0.3 is 20.5 Å². The van der Waals surface area contributed by atoms with Gasteiger partial charge in [0.05, 0.1) is 12.7 Å². The Morgan fingerprint density at radius 3 is 2.89 bits per heavy atom. The second-order valence-electron chi connectivity index (χ2n) is 3.78. The third kappa shape index (κ3) is 2.37. The summed E-state index contributed by atoms with van der Waals surface area (Å²) in [4.78, 5) is 22.0. The Hall–Kier alpha value is -1.45. The van der Waals surface area contributed by atoms with Crippen LogP contribution in [-0.4, -0.2) is 42.4 Å². The number of rotatable bonds is 4. The fraction of sp³-hybridized carbons (Fsp3) is 0.444. The first-order valence-corrected chi connectivity index (χ1v) is 6.02. The minimum Gasteiger partial charge on any atom is -0.394 e. The molecule has 2 aromatic heterocycles. The van der Waals surface area contributed by atoms with Gasteiger partial charge in [-0.25, -0.2) is 4.98 Å². The highest BCUT2D eigenvalue weighted by Crippen LogP contribution is 2.17. The summed E-state index contributed by atoms with van der Waals surface area (Å²) in [7, 11) is 0. The van der Waals surface area contributed by atoms with E-state index >= 15 is 0 Å². The van der Waals surface area contributed by atoms with E-state index in [0.29, 0.717) is 23.3 Å². The number of halogens is 1. The SMILES string of the molecule is Nc1nc2c(nc(Br)n2CC[C@@H](O)CO)c(=O)[nH]1. The zero-order valence-corrected chi connectivity index (χ0v) is 10.9. The van der Waals surface area contributed by atoms with E-state index in [1.54, 1.807) is 4.57 Å². The highest BCUT2D eigenvalue weighted by molar-refractivity contribution is 9.10.